The van der Waals surface area contributed by atoms with Gasteiger partial charge in [-0.2, -0.15) is 0 Å². The molecule has 0 aliphatic rings. The van der Waals surface area contributed by atoms with E-state index in [9.17, 15) is 9.59 Å². The molecular formula is C15H14N2O5. The van der Waals surface area contributed by atoms with E-state index in [4.69, 9.17) is 26.0 Å². The third-order valence-electron chi connectivity index (χ3n) is 2.91. The third-order valence-corrected chi connectivity index (χ3v) is 2.91. The molecule has 0 atom stereocenters. The van der Waals surface area contributed by atoms with E-state index in [0.717, 1.165) is 0 Å². The molecule has 2 aromatic carbocycles. The van der Waals surface area contributed by atoms with Crippen LogP contribution < -0.4 is 20.9 Å². The van der Waals surface area contributed by atoms with Crippen LogP contribution in [0.15, 0.2) is 36.4 Å². The average molecular weight is 302 g/mol. The van der Waals surface area contributed by atoms with Gasteiger partial charge in [0.15, 0.2) is 5.75 Å². The van der Waals surface area contributed by atoms with Crippen LogP contribution >= 0.6 is 0 Å². The van der Waals surface area contributed by atoms with Crippen LogP contribution in [-0.2, 0) is 0 Å². The zero-order valence-electron chi connectivity index (χ0n) is 11.7. The number of carbonyl (C=O) groups excluding carboxylic acids is 1. The minimum Gasteiger partial charge on any atom is -0.494 e. The summed E-state index contributed by atoms with van der Waals surface area (Å²) in [6, 6.07) is 8.56. The number of aromatic carboxylic acids is 1. The maximum Gasteiger partial charge on any atom is 0.347 e. The number of carboxylic acids is 1. The number of ether oxygens (including phenoxy) is 2. The first-order valence-corrected chi connectivity index (χ1v) is 6.21. The number of anilines is 2. The van der Waals surface area contributed by atoms with Crippen molar-refractivity contribution in [3.8, 4) is 11.5 Å². The van der Waals surface area contributed by atoms with Gasteiger partial charge in [0, 0.05) is 5.69 Å². The molecule has 0 spiro atoms. The van der Waals surface area contributed by atoms with E-state index in [-0.39, 0.29) is 34.0 Å². The van der Waals surface area contributed by atoms with Crippen molar-refractivity contribution in [2.24, 2.45) is 0 Å². The molecule has 22 heavy (non-hydrogen) atoms. The summed E-state index contributed by atoms with van der Waals surface area (Å²) in [5.74, 6) is -1.98. The standard InChI is InChI=1S/C15H14N2O5/c1-21-13-9(3-2-4-11(13)17)15(20)22-12-6-5-8(16)7-10(12)14(18)19/h2-7H,16-17H2,1H3,(H,18,19). The summed E-state index contributed by atoms with van der Waals surface area (Å²) in [7, 11) is 1.37. The number of carbonyl (C=O) groups is 2. The molecule has 0 aliphatic carbocycles. The Bertz CT molecular complexity index is 743. The fourth-order valence-corrected chi connectivity index (χ4v) is 1.90. The molecule has 0 radical (unpaired) electrons. The summed E-state index contributed by atoms with van der Waals surface area (Å²) >= 11 is 0. The Balaban J connectivity index is 2.38. The van der Waals surface area contributed by atoms with E-state index >= 15 is 0 Å². The number of hydrogen-bond acceptors (Lipinski definition) is 6. The number of benzene rings is 2. The number of nitrogen functional groups attached to an aromatic ring is 2. The third kappa shape index (κ3) is 2.93. The van der Waals surface area contributed by atoms with E-state index in [2.05, 4.69) is 0 Å². The highest BCUT2D eigenvalue weighted by Crippen LogP contribution is 2.28. The second kappa shape index (κ2) is 6.04. The van der Waals surface area contributed by atoms with Gasteiger partial charge in [-0.3, -0.25) is 0 Å². The maximum absolute atomic E-state index is 12.2. The second-order valence-corrected chi connectivity index (χ2v) is 4.38. The van der Waals surface area contributed by atoms with Crippen LogP contribution in [0.4, 0.5) is 11.4 Å². The predicted molar refractivity (Wildman–Crippen MR) is 80.2 cm³/mol. The summed E-state index contributed by atoms with van der Waals surface area (Å²) in [5.41, 5.74) is 11.7. The van der Waals surface area contributed by atoms with E-state index in [1.54, 1.807) is 12.1 Å². The van der Waals surface area contributed by atoms with Gasteiger partial charge in [-0.1, -0.05) is 6.07 Å². The van der Waals surface area contributed by atoms with Crippen molar-refractivity contribution in [2.75, 3.05) is 18.6 Å². The predicted octanol–water partition coefficient (Wildman–Crippen LogP) is 1.78. The van der Waals surface area contributed by atoms with Crippen molar-refractivity contribution < 1.29 is 24.2 Å². The molecule has 7 nitrogen and oxygen atoms in total. The lowest BCUT2D eigenvalue weighted by molar-refractivity contribution is 0.0681. The van der Waals surface area contributed by atoms with Crippen molar-refractivity contribution in [3.63, 3.8) is 0 Å². The molecule has 7 heteroatoms. The van der Waals surface area contributed by atoms with Gasteiger partial charge in [0.1, 0.15) is 16.9 Å². The Labute approximate surface area is 126 Å². The van der Waals surface area contributed by atoms with Gasteiger partial charge in [0.05, 0.1) is 12.8 Å². The largest absolute Gasteiger partial charge is 0.494 e. The van der Waals surface area contributed by atoms with Gasteiger partial charge < -0.3 is 26.0 Å². The number of esters is 1. The molecule has 5 N–H and O–H groups in total. The molecule has 0 aromatic heterocycles. The van der Waals surface area contributed by atoms with Gasteiger partial charge >= 0.3 is 11.9 Å². The number of rotatable bonds is 4. The maximum atomic E-state index is 12.2. The molecule has 0 unspecified atom stereocenters. The normalized spacial score (nSPS) is 10.0. The Morgan fingerprint density at radius 3 is 2.45 bits per heavy atom. The highest BCUT2D eigenvalue weighted by Gasteiger charge is 2.20. The summed E-state index contributed by atoms with van der Waals surface area (Å²) in [6.45, 7) is 0. The first kappa shape index (κ1) is 15.2. The first-order chi connectivity index (χ1) is 10.4. The molecule has 0 amide bonds. The molecule has 0 saturated heterocycles. The minimum absolute atomic E-state index is 0.0932. The van der Waals surface area contributed by atoms with Crippen molar-refractivity contribution in [1.29, 1.82) is 0 Å². The Kier molecular flexibility index (Phi) is 4.17. The van der Waals surface area contributed by atoms with Crippen LogP contribution in [0.1, 0.15) is 20.7 Å². The number of carboxylic acid groups (broad SMARTS) is 1. The lowest BCUT2D eigenvalue weighted by Crippen LogP contribution is -2.13. The van der Waals surface area contributed by atoms with Crippen molar-refractivity contribution in [3.05, 3.63) is 47.5 Å². The minimum atomic E-state index is -1.25. The Hall–Kier alpha value is -3.22. The molecule has 0 saturated carbocycles. The lowest BCUT2D eigenvalue weighted by atomic mass is 10.1. The van der Waals surface area contributed by atoms with Crippen LogP contribution in [0.5, 0.6) is 11.5 Å². The smallest absolute Gasteiger partial charge is 0.347 e. The van der Waals surface area contributed by atoms with Gasteiger partial charge in [0.25, 0.3) is 0 Å². The highest BCUT2D eigenvalue weighted by molar-refractivity contribution is 5.98. The zero-order valence-corrected chi connectivity index (χ0v) is 11.7. The van der Waals surface area contributed by atoms with E-state index in [0.29, 0.717) is 0 Å². The molecule has 0 bridgehead atoms. The second-order valence-electron chi connectivity index (χ2n) is 4.38. The van der Waals surface area contributed by atoms with Gasteiger partial charge in [-0.25, -0.2) is 9.59 Å². The molecule has 0 aliphatic heterocycles. The SMILES string of the molecule is COc1c(N)cccc1C(=O)Oc1ccc(N)cc1C(=O)O. The van der Waals surface area contributed by atoms with Gasteiger partial charge in [-0.15, -0.1) is 0 Å². The summed E-state index contributed by atoms with van der Waals surface area (Å²) in [6.07, 6.45) is 0. The summed E-state index contributed by atoms with van der Waals surface area (Å²) < 4.78 is 10.2. The number of para-hydroxylation sites is 1. The number of nitrogens with two attached hydrogens (primary N) is 2. The van der Waals surface area contributed by atoms with Crippen LogP contribution in [0.3, 0.4) is 0 Å². The zero-order chi connectivity index (χ0) is 16.3. The molecule has 2 aromatic rings. The Morgan fingerprint density at radius 2 is 1.82 bits per heavy atom. The fourth-order valence-electron chi connectivity index (χ4n) is 1.90. The van der Waals surface area contributed by atoms with Crippen molar-refractivity contribution in [1.82, 2.24) is 0 Å². The summed E-state index contributed by atoms with van der Waals surface area (Å²) in [5, 5.41) is 9.13. The highest BCUT2D eigenvalue weighted by atomic mass is 16.5. The van der Waals surface area contributed by atoms with Crippen LogP contribution in [0, 0.1) is 0 Å². The molecule has 0 fully saturated rings. The van der Waals surface area contributed by atoms with E-state index < -0.39 is 11.9 Å². The fraction of sp³-hybridized carbons (Fsp3) is 0.0667. The van der Waals surface area contributed by atoms with Crippen LogP contribution in [0.2, 0.25) is 0 Å². The monoisotopic (exact) mass is 302 g/mol. The number of methoxy groups -OCH3 is 1. The lowest BCUT2D eigenvalue weighted by Gasteiger charge is -2.12. The summed E-state index contributed by atoms with van der Waals surface area (Å²) in [4.78, 5) is 23.4. The average Bonchev–Trinajstić information content (AvgIpc) is 2.48. The van der Waals surface area contributed by atoms with Crippen molar-refractivity contribution in [2.45, 2.75) is 0 Å². The van der Waals surface area contributed by atoms with E-state index in [1.807, 2.05) is 0 Å². The van der Waals surface area contributed by atoms with Gasteiger partial charge in [0.2, 0.25) is 0 Å². The van der Waals surface area contributed by atoms with Crippen LogP contribution in [-0.4, -0.2) is 24.2 Å². The number of hydrogen-bond donors (Lipinski definition) is 3. The molecule has 114 valence electrons. The Morgan fingerprint density at radius 1 is 1.09 bits per heavy atom. The van der Waals surface area contributed by atoms with Crippen LogP contribution in [0.25, 0.3) is 0 Å². The van der Waals surface area contributed by atoms with E-state index in [1.165, 1.54) is 31.4 Å². The topological polar surface area (TPSA) is 125 Å². The van der Waals surface area contributed by atoms with Gasteiger partial charge in [-0.05, 0) is 30.3 Å². The molecule has 2 rings (SSSR count). The molecular weight excluding hydrogens is 288 g/mol. The van der Waals surface area contributed by atoms with Crippen molar-refractivity contribution >= 4 is 23.3 Å². The quantitative estimate of drug-likeness (QED) is 0.446. The first-order valence-electron chi connectivity index (χ1n) is 6.21. The molecule has 0 heterocycles.